The van der Waals surface area contributed by atoms with E-state index in [9.17, 15) is 27.9 Å². The number of hydrogen-bond donors (Lipinski definition) is 2. The fraction of sp³-hybridized carbons (Fsp3) is 0.211. The quantitative estimate of drug-likeness (QED) is 0.675. The topological polar surface area (TPSA) is 129 Å². The monoisotopic (exact) mass is 405 g/mol. The summed E-state index contributed by atoms with van der Waals surface area (Å²) in [5, 5.41) is 9.41. The molecule has 0 aromatic heterocycles. The Balaban J connectivity index is 2.59. The van der Waals surface area contributed by atoms with E-state index in [2.05, 4.69) is 0 Å². The molecule has 0 bridgehead atoms. The van der Waals surface area contributed by atoms with Crippen molar-refractivity contribution in [2.24, 2.45) is 0 Å². The highest BCUT2D eigenvalue weighted by Gasteiger charge is 2.38. The Kier molecular flexibility index (Phi) is 6.66. The highest BCUT2D eigenvalue weighted by molar-refractivity contribution is 7.85. The highest BCUT2D eigenvalue weighted by Crippen LogP contribution is 2.25. The first kappa shape index (κ1) is 21.3. The van der Waals surface area contributed by atoms with Gasteiger partial charge >= 0.3 is 5.97 Å². The van der Waals surface area contributed by atoms with E-state index in [1.807, 2.05) is 0 Å². The lowest BCUT2D eigenvalue weighted by Crippen LogP contribution is -2.51. The molecular weight excluding hydrogens is 386 g/mol. The van der Waals surface area contributed by atoms with Crippen LogP contribution in [-0.2, 0) is 19.7 Å². The smallest absolute Gasteiger partial charge is 0.328 e. The summed E-state index contributed by atoms with van der Waals surface area (Å²) in [4.78, 5) is 37.5. The predicted molar refractivity (Wildman–Crippen MR) is 101 cm³/mol. The van der Waals surface area contributed by atoms with Gasteiger partial charge in [0.25, 0.3) is 16.0 Å². The molecule has 2 amide bonds. The molecule has 0 aliphatic rings. The molecule has 148 valence electrons. The van der Waals surface area contributed by atoms with E-state index in [0.717, 1.165) is 0 Å². The Morgan fingerprint density at radius 1 is 1.00 bits per heavy atom. The lowest BCUT2D eigenvalue weighted by Gasteiger charge is -2.27. The summed E-state index contributed by atoms with van der Waals surface area (Å²) < 4.78 is 31.6. The Morgan fingerprint density at radius 3 is 2.11 bits per heavy atom. The molecule has 0 aliphatic carbocycles. The van der Waals surface area contributed by atoms with E-state index in [4.69, 9.17) is 4.55 Å². The molecular formula is C19H19NO7S. The Morgan fingerprint density at radius 2 is 1.57 bits per heavy atom. The van der Waals surface area contributed by atoms with Crippen molar-refractivity contribution >= 4 is 27.9 Å². The maximum Gasteiger partial charge on any atom is 0.328 e. The molecule has 28 heavy (non-hydrogen) atoms. The van der Waals surface area contributed by atoms with Gasteiger partial charge in [0.2, 0.25) is 5.91 Å². The van der Waals surface area contributed by atoms with Crippen LogP contribution in [0.2, 0.25) is 0 Å². The third-order valence-electron chi connectivity index (χ3n) is 4.00. The fourth-order valence-electron chi connectivity index (χ4n) is 2.72. The highest BCUT2D eigenvalue weighted by atomic mass is 32.2. The van der Waals surface area contributed by atoms with Gasteiger partial charge in [0.1, 0.15) is 5.75 Å². The number of nitrogens with zero attached hydrogens (tertiary/aromatic N) is 1. The minimum absolute atomic E-state index is 0.0390. The van der Waals surface area contributed by atoms with Crippen LogP contribution >= 0.6 is 0 Å². The molecule has 0 radical (unpaired) electrons. The number of rotatable bonds is 7. The summed E-state index contributed by atoms with van der Waals surface area (Å²) in [6, 6.07) is 13.0. The van der Waals surface area contributed by atoms with Crippen LogP contribution in [0, 0.1) is 0 Å². The predicted octanol–water partition coefficient (Wildman–Crippen LogP) is 2.07. The van der Waals surface area contributed by atoms with Crippen LogP contribution in [0.15, 0.2) is 54.6 Å². The molecule has 2 aromatic carbocycles. The van der Waals surface area contributed by atoms with Crippen molar-refractivity contribution in [3.63, 3.8) is 0 Å². The molecule has 0 heterocycles. The van der Waals surface area contributed by atoms with Crippen LogP contribution in [0.4, 0.5) is 0 Å². The average Bonchev–Trinajstić information content (AvgIpc) is 2.66. The number of carboxylic acid groups (broad SMARTS) is 1. The largest absolute Gasteiger partial charge is 0.480 e. The SMILES string of the molecule is CCC(=O)N(C(=O)c1ccccc1-c1ccccc1)[C@@H](CS(=O)(=O)O)C(=O)O. The zero-order chi connectivity index (χ0) is 20.9. The van der Waals surface area contributed by atoms with Crippen molar-refractivity contribution in [1.82, 2.24) is 4.90 Å². The summed E-state index contributed by atoms with van der Waals surface area (Å²) in [5.74, 6) is -4.84. The van der Waals surface area contributed by atoms with Gasteiger partial charge in [0, 0.05) is 12.0 Å². The van der Waals surface area contributed by atoms with Gasteiger partial charge in [-0.3, -0.25) is 19.0 Å². The Labute approximate surface area is 162 Å². The minimum Gasteiger partial charge on any atom is -0.480 e. The van der Waals surface area contributed by atoms with E-state index in [0.29, 0.717) is 16.0 Å². The van der Waals surface area contributed by atoms with Gasteiger partial charge in [-0.25, -0.2) is 4.79 Å². The van der Waals surface area contributed by atoms with Gasteiger partial charge < -0.3 is 5.11 Å². The van der Waals surface area contributed by atoms with Gasteiger partial charge in [0.15, 0.2) is 6.04 Å². The first-order valence-electron chi connectivity index (χ1n) is 8.34. The number of benzene rings is 2. The lowest BCUT2D eigenvalue weighted by atomic mass is 9.98. The van der Waals surface area contributed by atoms with Crippen molar-refractivity contribution in [2.75, 3.05) is 5.75 Å². The lowest BCUT2D eigenvalue weighted by molar-refractivity contribution is -0.147. The van der Waals surface area contributed by atoms with Crippen LogP contribution in [0.1, 0.15) is 23.7 Å². The van der Waals surface area contributed by atoms with Crippen molar-refractivity contribution < 1.29 is 32.5 Å². The standard InChI is InChI=1S/C19H19NO7S/c1-2-17(21)20(16(19(23)24)12-28(25,26)27)18(22)15-11-7-6-10-14(15)13-8-4-3-5-9-13/h3-11,16H,2,12H2,1H3,(H,23,24)(H,25,26,27)/t16-/m0/s1. The molecule has 2 aromatic rings. The zero-order valence-electron chi connectivity index (χ0n) is 15.0. The van der Waals surface area contributed by atoms with Crippen molar-refractivity contribution in [1.29, 1.82) is 0 Å². The Hall–Kier alpha value is -3.04. The third kappa shape index (κ3) is 5.02. The molecule has 0 fully saturated rings. The second-order valence-electron chi connectivity index (χ2n) is 5.94. The number of carbonyl (C=O) groups is 3. The molecule has 2 rings (SSSR count). The van der Waals surface area contributed by atoms with Crippen LogP contribution in [0.5, 0.6) is 0 Å². The van der Waals surface area contributed by atoms with Gasteiger partial charge in [-0.05, 0) is 17.2 Å². The molecule has 9 heteroatoms. The first-order chi connectivity index (χ1) is 13.2. The first-order valence-corrected chi connectivity index (χ1v) is 9.95. The number of carboxylic acids is 1. The van der Waals surface area contributed by atoms with E-state index in [-0.39, 0.29) is 12.0 Å². The number of amides is 2. The third-order valence-corrected chi connectivity index (χ3v) is 4.73. The van der Waals surface area contributed by atoms with Gasteiger partial charge in [-0.15, -0.1) is 0 Å². The van der Waals surface area contributed by atoms with Crippen LogP contribution in [-0.4, -0.2) is 52.6 Å². The number of aliphatic carboxylic acids is 1. The summed E-state index contributed by atoms with van der Waals surface area (Å²) in [6.45, 7) is 1.41. The summed E-state index contributed by atoms with van der Waals surface area (Å²) >= 11 is 0. The molecule has 8 nitrogen and oxygen atoms in total. The summed E-state index contributed by atoms with van der Waals surface area (Å²) in [7, 11) is -4.76. The molecule has 0 spiro atoms. The summed E-state index contributed by atoms with van der Waals surface area (Å²) in [5.41, 5.74) is 1.16. The second kappa shape index (κ2) is 8.77. The molecule has 0 aliphatic heterocycles. The molecule has 0 unspecified atom stereocenters. The fourth-order valence-corrected chi connectivity index (χ4v) is 3.41. The van der Waals surface area contributed by atoms with E-state index >= 15 is 0 Å². The Bertz CT molecular complexity index is 986. The molecule has 1 atom stereocenters. The molecule has 0 saturated heterocycles. The maximum absolute atomic E-state index is 13.1. The molecule has 0 saturated carbocycles. The van der Waals surface area contributed by atoms with Crippen molar-refractivity contribution in [3.8, 4) is 11.1 Å². The second-order valence-corrected chi connectivity index (χ2v) is 7.43. The van der Waals surface area contributed by atoms with Crippen molar-refractivity contribution in [3.05, 3.63) is 60.2 Å². The van der Waals surface area contributed by atoms with Gasteiger partial charge in [-0.1, -0.05) is 55.5 Å². The average molecular weight is 405 g/mol. The van der Waals surface area contributed by atoms with Crippen LogP contribution in [0.25, 0.3) is 11.1 Å². The maximum atomic E-state index is 13.1. The number of imide groups is 1. The van der Waals surface area contributed by atoms with E-state index in [1.165, 1.54) is 13.0 Å². The zero-order valence-corrected chi connectivity index (χ0v) is 15.8. The van der Waals surface area contributed by atoms with Crippen LogP contribution in [0.3, 0.4) is 0 Å². The minimum atomic E-state index is -4.76. The van der Waals surface area contributed by atoms with E-state index < -0.39 is 39.7 Å². The normalized spacial score (nSPS) is 12.2. The number of hydrogen-bond acceptors (Lipinski definition) is 5. The van der Waals surface area contributed by atoms with Crippen LogP contribution < -0.4 is 0 Å². The summed E-state index contributed by atoms with van der Waals surface area (Å²) in [6.07, 6.45) is -0.228. The number of carbonyl (C=O) groups excluding carboxylic acids is 2. The van der Waals surface area contributed by atoms with Gasteiger partial charge in [-0.2, -0.15) is 8.42 Å². The molecule has 2 N–H and O–H groups in total. The van der Waals surface area contributed by atoms with E-state index in [1.54, 1.807) is 48.5 Å². The van der Waals surface area contributed by atoms with Gasteiger partial charge in [0.05, 0.1) is 0 Å². The van der Waals surface area contributed by atoms with Crippen molar-refractivity contribution in [2.45, 2.75) is 19.4 Å².